The number of Topliss-reactive ketones (excluding diaryl/α,β-unsaturated/α-hetero) is 1. The number of nitrogens with zero attached hydrogens (tertiary/aromatic N) is 3. The normalized spacial score (nSPS) is 10.7. The minimum absolute atomic E-state index is 0.00620. The summed E-state index contributed by atoms with van der Waals surface area (Å²) in [6, 6.07) is 18.5. The highest BCUT2D eigenvalue weighted by Gasteiger charge is 2.12. The SMILES string of the molecule is Cc1ccc(CC(=O)c2cccc(-n3cc(CC(=O)Oc4ccccc4C)cn3)c2)cn1. The standard InChI is InChI=1S/C26H23N3O3/c1-18-6-3-4-9-25(18)32-26(31)13-21-16-28-29(17-21)23-8-5-7-22(14-23)24(30)12-20-11-10-19(2)27-15-20/h3-11,14-17H,12-13H2,1-2H3. The Morgan fingerprint density at radius 2 is 1.75 bits per heavy atom. The van der Waals surface area contributed by atoms with Gasteiger partial charge in [0, 0.05) is 35.6 Å². The maximum Gasteiger partial charge on any atom is 0.315 e. The second-order valence-electron chi connectivity index (χ2n) is 7.67. The Bertz CT molecular complexity index is 1260. The van der Waals surface area contributed by atoms with E-state index in [4.69, 9.17) is 4.74 Å². The topological polar surface area (TPSA) is 74.1 Å². The number of carbonyl (C=O) groups is 2. The summed E-state index contributed by atoms with van der Waals surface area (Å²) in [6.45, 7) is 3.81. The van der Waals surface area contributed by atoms with E-state index in [-0.39, 0.29) is 24.6 Å². The van der Waals surface area contributed by atoms with Crippen LogP contribution in [0.4, 0.5) is 0 Å². The third-order valence-electron chi connectivity index (χ3n) is 5.07. The van der Waals surface area contributed by atoms with Gasteiger partial charge in [-0.25, -0.2) is 4.68 Å². The molecule has 2 heterocycles. The van der Waals surface area contributed by atoms with Crippen LogP contribution in [0.3, 0.4) is 0 Å². The highest BCUT2D eigenvalue weighted by molar-refractivity contribution is 5.97. The number of rotatable bonds is 7. The molecule has 32 heavy (non-hydrogen) atoms. The van der Waals surface area contributed by atoms with Crippen molar-refractivity contribution in [3.8, 4) is 11.4 Å². The quantitative estimate of drug-likeness (QED) is 0.248. The summed E-state index contributed by atoms with van der Waals surface area (Å²) in [5, 5.41) is 4.35. The predicted octanol–water partition coefficient (Wildman–Crippen LogP) is 4.46. The summed E-state index contributed by atoms with van der Waals surface area (Å²) >= 11 is 0. The maximum atomic E-state index is 12.7. The molecule has 6 nitrogen and oxygen atoms in total. The summed E-state index contributed by atoms with van der Waals surface area (Å²) in [5.41, 5.74) is 4.76. The van der Waals surface area contributed by atoms with Gasteiger partial charge in [0.1, 0.15) is 5.75 Å². The smallest absolute Gasteiger partial charge is 0.315 e. The van der Waals surface area contributed by atoms with Gasteiger partial charge in [-0.1, -0.05) is 36.4 Å². The molecule has 0 saturated carbocycles. The minimum atomic E-state index is -0.352. The Labute approximate surface area is 186 Å². The number of esters is 1. The molecule has 0 radical (unpaired) electrons. The lowest BCUT2D eigenvalue weighted by molar-refractivity contribution is -0.133. The molecule has 2 aromatic heterocycles. The molecule has 0 saturated heterocycles. The number of aromatic nitrogens is 3. The molecule has 0 N–H and O–H groups in total. The van der Waals surface area contributed by atoms with E-state index >= 15 is 0 Å². The third-order valence-corrected chi connectivity index (χ3v) is 5.07. The van der Waals surface area contributed by atoms with Gasteiger partial charge >= 0.3 is 5.97 Å². The monoisotopic (exact) mass is 425 g/mol. The first-order valence-electron chi connectivity index (χ1n) is 10.3. The van der Waals surface area contributed by atoms with Gasteiger partial charge in [-0.15, -0.1) is 0 Å². The zero-order valence-corrected chi connectivity index (χ0v) is 18.0. The van der Waals surface area contributed by atoms with Gasteiger partial charge in [0.05, 0.1) is 18.3 Å². The van der Waals surface area contributed by atoms with Crippen LogP contribution in [0, 0.1) is 13.8 Å². The summed E-state index contributed by atoms with van der Waals surface area (Å²) in [6.07, 6.45) is 5.52. The van der Waals surface area contributed by atoms with Crippen LogP contribution in [0.1, 0.15) is 32.7 Å². The van der Waals surface area contributed by atoms with E-state index in [9.17, 15) is 9.59 Å². The molecule has 0 fully saturated rings. The van der Waals surface area contributed by atoms with E-state index in [2.05, 4.69) is 10.1 Å². The number of ether oxygens (including phenoxy) is 1. The molecular weight excluding hydrogens is 402 g/mol. The molecule has 0 atom stereocenters. The van der Waals surface area contributed by atoms with E-state index in [1.54, 1.807) is 41.5 Å². The zero-order valence-electron chi connectivity index (χ0n) is 18.0. The lowest BCUT2D eigenvalue weighted by Gasteiger charge is -2.06. The molecule has 0 amide bonds. The first kappa shape index (κ1) is 21.2. The lowest BCUT2D eigenvalue weighted by atomic mass is 10.0. The van der Waals surface area contributed by atoms with Crippen LogP contribution in [0.15, 0.2) is 79.3 Å². The summed E-state index contributed by atoms with van der Waals surface area (Å²) < 4.78 is 7.11. The van der Waals surface area contributed by atoms with Crippen LogP contribution in [0.5, 0.6) is 5.75 Å². The summed E-state index contributed by atoms with van der Waals surface area (Å²) in [4.78, 5) is 29.3. The van der Waals surface area contributed by atoms with E-state index in [1.807, 2.05) is 56.3 Å². The van der Waals surface area contributed by atoms with E-state index in [0.29, 0.717) is 11.3 Å². The van der Waals surface area contributed by atoms with Crippen molar-refractivity contribution in [2.45, 2.75) is 26.7 Å². The number of pyridine rings is 1. The number of para-hydroxylation sites is 1. The fourth-order valence-electron chi connectivity index (χ4n) is 3.30. The van der Waals surface area contributed by atoms with Gasteiger partial charge in [0.15, 0.2) is 5.78 Å². The largest absolute Gasteiger partial charge is 0.426 e. The van der Waals surface area contributed by atoms with Crippen molar-refractivity contribution < 1.29 is 14.3 Å². The van der Waals surface area contributed by atoms with Crippen molar-refractivity contribution in [2.75, 3.05) is 0 Å². The van der Waals surface area contributed by atoms with Crippen molar-refractivity contribution in [3.63, 3.8) is 0 Å². The number of hydrogen-bond acceptors (Lipinski definition) is 5. The van der Waals surface area contributed by atoms with Crippen LogP contribution in [-0.4, -0.2) is 26.5 Å². The van der Waals surface area contributed by atoms with Crippen LogP contribution >= 0.6 is 0 Å². The fourth-order valence-corrected chi connectivity index (χ4v) is 3.30. The van der Waals surface area contributed by atoms with Gasteiger partial charge in [-0.2, -0.15) is 5.10 Å². The number of hydrogen-bond donors (Lipinski definition) is 0. The zero-order chi connectivity index (χ0) is 22.5. The first-order chi connectivity index (χ1) is 15.5. The second kappa shape index (κ2) is 9.39. The Balaban J connectivity index is 1.43. The van der Waals surface area contributed by atoms with Crippen molar-refractivity contribution in [1.29, 1.82) is 0 Å². The van der Waals surface area contributed by atoms with Gasteiger partial charge in [0.25, 0.3) is 0 Å². The third kappa shape index (κ3) is 5.16. The van der Waals surface area contributed by atoms with Crippen molar-refractivity contribution in [2.24, 2.45) is 0 Å². The number of ketones is 1. The average Bonchev–Trinajstić information content (AvgIpc) is 3.25. The molecule has 0 unspecified atom stereocenters. The molecule has 0 bridgehead atoms. The lowest BCUT2D eigenvalue weighted by Crippen LogP contribution is -2.11. The van der Waals surface area contributed by atoms with Crippen LogP contribution in [0.2, 0.25) is 0 Å². The van der Waals surface area contributed by atoms with E-state index in [1.165, 1.54) is 0 Å². The second-order valence-corrected chi connectivity index (χ2v) is 7.67. The van der Waals surface area contributed by atoms with Crippen LogP contribution in [0.25, 0.3) is 5.69 Å². The number of carbonyl (C=O) groups excluding carboxylic acids is 2. The Kier molecular flexibility index (Phi) is 6.22. The Morgan fingerprint density at radius 1 is 0.906 bits per heavy atom. The van der Waals surface area contributed by atoms with Gasteiger partial charge in [-0.05, 0) is 49.2 Å². The summed E-state index contributed by atoms with van der Waals surface area (Å²) in [7, 11) is 0. The van der Waals surface area contributed by atoms with Gasteiger partial charge in [-0.3, -0.25) is 14.6 Å². The van der Waals surface area contributed by atoms with Crippen molar-refractivity contribution >= 4 is 11.8 Å². The molecule has 0 aliphatic heterocycles. The summed E-state index contributed by atoms with van der Waals surface area (Å²) in [5.74, 6) is 0.209. The average molecular weight is 425 g/mol. The predicted molar refractivity (Wildman–Crippen MR) is 121 cm³/mol. The molecule has 4 rings (SSSR count). The fraction of sp³-hybridized carbons (Fsp3) is 0.154. The Hall–Kier alpha value is -4.06. The molecule has 4 aromatic rings. The van der Waals surface area contributed by atoms with Crippen LogP contribution in [-0.2, 0) is 17.6 Å². The van der Waals surface area contributed by atoms with Crippen molar-refractivity contribution in [1.82, 2.24) is 14.8 Å². The van der Waals surface area contributed by atoms with Crippen LogP contribution < -0.4 is 4.74 Å². The van der Waals surface area contributed by atoms with Crippen molar-refractivity contribution in [3.05, 3.63) is 107 Å². The molecule has 160 valence electrons. The number of benzene rings is 2. The van der Waals surface area contributed by atoms with Gasteiger partial charge < -0.3 is 4.74 Å². The molecular formula is C26H23N3O3. The van der Waals surface area contributed by atoms with Gasteiger partial charge in [0.2, 0.25) is 0 Å². The molecule has 0 aliphatic rings. The minimum Gasteiger partial charge on any atom is -0.426 e. The molecule has 0 spiro atoms. The first-order valence-corrected chi connectivity index (χ1v) is 10.3. The molecule has 2 aromatic carbocycles. The highest BCUT2D eigenvalue weighted by atomic mass is 16.5. The Morgan fingerprint density at radius 3 is 2.53 bits per heavy atom. The number of aryl methyl sites for hydroxylation is 2. The van der Waals surface area contributed by atoms with E-state index < -0.39 is 0 Å². The maximum absolute atomic E-state index is 12.7. The molecule has 6 heteroatoms. The van der Waals surface area contributed by atoms with E-state index in [0.717, 1.165) is 28.1 Å². The highest BCUT2D eigenvalue weighted by Crippen LogP contribution is 2.18. The molecule has 0 aliphatic carbocycles.